The first-order chi connectivity index (χ1) is 9.13. The molecule has 0 radical (unpaired) electrons. The molecule has 2 aromatic rings. The fraction of sp³-hybridized carbons (Fsp3) is 0.200. The van der Waals surface area contributed by atoms with Gasteiger partial charge in [-0.15, -0.1) is 7.14 Å². The van der Waals surface area contributed by atoms with Gasteiger partial charge in [0.25, 0.3) is 0 Å². The summed E-state index contributed by atoms with van der Waals surface area (Å²) in [6.45, 7) is 0. The lowest BCUT2D eigenvalue weighted by molar-refractivity contribution is -0.735. The van der Waals surface area contributed by atoms with Gasteiger partial charge in [0.05, 0.1) is 10.6 Å². The summed E-state index contributed by atoms with van der Waals surface area (Å²) in [5, 5.41) is 3.32. The summed E-state index contributed by atoms with van der Waals surface area (Å²) in [5.41, 5.74) is 0. The fourth-order valence-electron chi connectivity index (χ4n) is 2.20. The van der Waals surface area contributed by atoms with Gasteiger partial charge in [0.2, 0.25) is 7.41 Å². The minimum Gasteiger partial charge on any atom is -0.533 e. The van der Waals surface area contributed by atoms with E-state index in [9.17, 15) is 0 Å². The van der Waals surface area contributed by atoms with E-state index in [1.807, 2.05) is 0 Å². The topological polar surface area (TPSA) is 4.44 Å². The maximum Gasteiger partial charge on any atom is 0.212 e. The number of nitrogens with one attached hydrogen (secondary N) is 1. The third kappa shape index (κ3) is 3.49. The number of rotatable bonds is 5. The SMILES string of the molecule is [BH3-][P+](C[BH2-][NH+](C)C)(c1ccccc1)c1ccccc1. The van der Waals surface area contributed by atoms with Crippen LogP contribution in [0.1, 0.15) is 0 Å². The van der Waals surface area contributed by atoms with Crippen molar-refractivity contribution in [3.05, 3.63) is 60.7 Å². The lowest BCUT2D eigenvalue weighted by Gasteiger charge is -2.33. The maximum atomic E-state index is 2.38. The van der Waals surface area contributed by atoms with E-state index in [1.54, 1.807) is 15.4 Å². The van der Waals surface area contributed by atoms with Gasteiger partial charge in [0.1, 0.15) is 7.57 Å². The van der Waals surface area contributed by atoms with Crippen LogP contribution in [0.2, 0.25) is 0 Å². The molecule has 1 nitrogen and oxygen atoms in total. The molecule has 0 heterocycles. The Morgan fingerprint density at radius 1 is 0.895 bits per heavy atom. The molecule has 0 saturated carbocycles. The van der Waals surface area contributed by atoms with Crippen LogP contribution in [-0.2, 0) is 0 Å². The second-order valence-electron chi connectivity index (χ2n) is 5.27. The molecule has 0 bridgehead atoms. The van der Waals surface area contributed by atoms with E-state index in [4.69, 9.17) is 0 Å². The molecule has 1 N–H and O–H groups in total. The molecule has 0 aliphatic carbocycles. The Morgan fingerprint density at radius 3 is 1.68 bits per heavy atom. The molecular formula is C15H24B2NP. The van der Waals surface area contributed by atoms with Crippen LogP contribution in [0.15, 0.2) is 60.7 Å². The molecule has 0 amide bonds. The second kappa shape index (κ2) is 6.41. The minimum absolute atomic E-state index is 0.112. The van der Waals surface area contributed by atoms with Crippen molar-refractivity contribution >= 4 is 32.7 Å². The van der Waals surface area contributed by atoms with E-state index in [1.165, 1.54) is 6.06 Å². The first-order valence-electron chi connectivity index (χ1n) is 6.79. The van der Waals surface area contributed by atoms with Crippen LogP contribution in [0.25, 0.3) is 0 Å². The molecule has 0 atom stereocenters. The zero-order valence-corrected chi connectivity index (χ0v) is 12.3. The molecular weight excluding hydrogens is 247 g/mol. The highest BCUT2D eigenvalue weighted by atomic mass is 31.2. The molecule has 19 heavy (non-hydrogen) atoms. The van der Waals surface area contributed by atoms with Crippen LogP contribution in [0.4, 0.5) is 0 Å². The van der Waals surface area contributed by atoms with Crippen LogP contribution >= 0.6 is 7.14 Å². The van der Waals surface area contributed by atoms with Crippen LogP contribution in [0.5, 0.6) is 0 Å². The highest BCUT2D eigenvalue weighted by Crippen LogP contribution is 2.50. The van der Waals surface area contributed by atoms with Gasteiger partial charge in [0, 0.05) is 14.1 Å². The van der Waals surface area contributed by atoms with E-state index in [2.05, 4.69) is 74.8 Å². The van der Waals surface area contributed by atoms with Crippen LogP contribution in [0.3, 0.4) is 0 Å². The molecule has 0 spiro atoms. The normalized spacial score (nSPS) is 11.8. The molecule has 2 aromatic carbocycles. The zero-order valence-electron chi connectivity index (χ0n) is 11.4. The van der Waals surface area contributed by atoms with E-state index in [0.29, 0.717) is 7.57 Å². The summed E-state index contributed by atoms with van der Waals surface area (Å²) >= 11 is 0. The van der Waals surface area contributed by atoms with Gasteiger partial charge in [-0.3, -0.25) is 0 Å². The quantitative estimate of drug-likeness (QED) is 0.532. The summed E-state index contributed by atoms with van der Waals surface area (Å²) < 4.78 is 0. The highest BCUT2D eigenvalue weighted by molar-refractivity contribution is 8.09. The van der Waals surface area contributed by atoms with E-state index in [-0.39, 0.29) is 7.41 Å². The van der Waals surface area contributed by atoms with Crippen LogP contribution in [0, 0.1) is 0 Å². The zero-order chi connectivity index (χ0) is 13.7. The predicted octanol–water partition coefficient (Wildman–Crippen LogP) is -0.879. The number of hydrogen-bond donors (Lipinski definition) is 1. The van der Waals surface area contributed by atoms with Crippen molar-refractivity contribution in [2.24, 2.45) is 0 Å². The summed E-state index contributed by atoms with van der Waals surface area (Å²) in [7, 11) is 4.11. The monoisotopic (exact) mass is 271 g/mol. The van der Waals surface area contributed by atoms with Gasteiger partial charge in [-0.05, 0) is 30.3 Å². The van der Waals surface area contributed by atoms with E-state index < -0.39 is 7.14 Å². The lowest BCUT2D eigenvalue weighted by atomic mass is 9.98. The smallest absolute Gasteiger partial charge is 0.212 e. The van der Waals surface area contributed by atoms with Crippen molar-refractivity contribution in [3.63, 3.8) is 0 Å². The van der Waals surface area contributed by atoms with Gasteiger partial charge < -0.3 is 4.81 Å². The van der Waals surface area contributed by atoms with Gasteiger partial charge >= 0.3 is 0 Å². The number of hydrogen-bond acceptors (Lipinski definition) is 0. The second-order valence-corrected chi connectivity index (χ2v) is 7.79. The average Bonchev–Trinajstić information content (AvgIpc) is 2.46. The number of benzene rings is 2. The molecule has 0 aliphatic rings. The molecule has 2 rings (SSSR count). The van der Waals surface area contributed by atoms with Crippen molar-refractivity contribution in [3.8, 4) is 0 Å². The predicted molar refractivity (Wildman–Crippen MR) is 95.2 cm³/mol. The summed E-state index contributed by atoms with van der Waals surface area (Å²) in [5.74, 6) is 0. The molecule has 0 saturated heterocycles. The van der Waals surface area contributed by atoms with Crippen molar-refractivity contribution in [1.82, 2.24) is 0 Å². The van der Waals surface area contributed by atoms with E-state index >= 15 is 0 Å². The fourth-order valence-corrected chi connectivity index (χ4v) is 5.25. The first kappa shape index (κ1) is 14.4. The van der Waals surface area contributed by atoms with Gasteiger partial charge in [-0.1, -0.05) is 36.4 Å². The summed E-state index contributed by atoms with van der Waals surface area (Å²) in [6.07, 6.45) is 0. The summed E-state index contributed by atoms with van der Waals surface area (Å²) in [4.78, 5) is 1.69. The molecule has 0 aromatic heterocycles. The number of quaternary nitrogens is 1. The maximum absolute atomic E-state index is 2.38. The Bertz CT molecular complexity index is 463. The standard InChI is InChI=1S/C15H24B2NP/c1-18(2)17-13-19(16,14-9-5-3-6-10-14)15-11-7-4-8-12-15/h3-12,18H,13,17H2,1-2,16H3. The van der Waals surface area contributed by atoms with Crippen LogP contribution < -0.4 is 15.4 Å². The molecule has 4 heteroatoms. The Morgan fingerprint density at radius 2 is 1.32 bits per heavy atom. The third-order valence-corrected chi connectivity index (χ3v) is 6.11. The largest absolute Gasteiger partial charge is 0.533 e. The molecule has 100 valence electrons. The van der Waals surface area contributed by atoms with Crippen molar-refractivity contribution in [2.45, 2.75) is 0 Å². The lowest BCUT2D eigenvalue weighted by Crippen LogP contribution is -3.08. The molecule has 0 unspecified atom stereocenters. The highest BCUT2D eigenvalue weighted by Gasteiger charge is 2.28. The average molecular weight is 271 g/mol. The first-order valence-corrected chi connectivity index (χ1v) is 8.32. The molecule has 0 aliphatic heterocycles. The van der Waals surface area contributed by atoms with Crippen molar-refractivity contribution in [1.29, 1.82) is 0 Å². The summed E-state index contributed by atoms with van der Waals surface area (Å²) in [6, 6.07) is 24.2. The molecule has 0 fully saturated rings. The van der Waals surface area contributed by atoms with Gasteiger partial charge in [-0.2, -0.15) is 0 Å². The minimum atomic E-state index is -0.943. The van der Waals surface area contributed by atoms with Crippen molar-refractivity contribution < 1.29 is 4.81 Å². The van der Waals surface area contributed by atoms with E-state index in [0.717, 1.165) is 0 Å². The third-order valence-electron chi connectivity index (χ3n) is 3.32. The Hall–Kier alpha value is -1.04. The van der Waals surface area contributed by atoms with Crippen molar-refractivity contribution in [2.75, 3.05) is 20.2 Å². The van der Waals surface area contributed by atoms with Gasteiger partial charge in [0.15, 0.2) is 0 Å². The Balaban J connectivity index is 2.39. The Labute approximate surface area is 119 Å². The van der Waals surface area contributed by atoms with Gasteiger partial charge in [-0.25, -0.2) is 0 Å². The Kier molecular flexibility index (Phi) is 4.85. The van der Waals surface area contributed by atoms with Crippen LogP contribution in [-0.4, -0.2) is 35.1 Å².